The summed E-state index contributed by atoms with van der Waals surface area (Å²) >= 11 is 0. The van der Waals surface area contributed by atoms with Crippen molar-refractivity contribution < 1.29 is 8.42 Å². The standard InChI is InChI=1S/C16H22N4O2S/c1-19(2)23(21,22)18-15-4-6-16(7-5-15)20(3)13-10-14-8-11-17-12-9-14/h4-9,11-12,18H,10,13H2,1-3H3. The number of anilines is 2. The van der Waals surface area contributed by atoms with Crippen molar-refractivity contribution in [1.29, 1.82) is 0 Å². The Kier molecular flexibility index (Phi) is 5.57. The minimum atomic E-state index is -3.47. The van der Waals surface area contributed by atoms with Crippen molar-refractivity contribution in [2.45, 2.75) is 6.42 Å². The summed E-state index contributed by atoms with van der Waals surface area (Å²) in [5.74, 6) is 0. The molecular formula is C16H22N4O2S. The van der Waals surface area contributed by atoms with Crippen molar-refractivity contribution in [2.24, 2.45) is 0 Å². The van der Waals surface area contributed by atoms with E-state index in [1.165, 1.54) is 19.7 Å². The fraction of sp³-hybridized carbons (Fsp3) is 0.312. The zero-order valence-electron chi connectivity index (χ0n) is 13.6. The molecule has 2 aromatic rings. The Bertz CT molecular complexity index is 716. The Morgan fingerprint density at radius 2 is 1.61 bits per heavy atom. The summed E-state index contributed by atoms with van der Waals surface area (Å²) in [5.41, 5.74) is 2.82. The SMILES string of the molecule is CN(CCc1ccncc1)c1ccc(NS(=O)(=O)N(C)C)cc1. The predicted octanol–water partition coefficient (Wildman–Crippen LogP) is 1.98. The normalized spacial score (nSPS) is 11.5. The van der Waals surface area contributed by atoms with Gasteiger partial charge in [0.2, 0.25) is 0 Å². The fourth-order valence-electron chi connectivity index (χ4n) is 2.00. The number of hydrogen-bond acceptors (Lipinski definition) is 4. The predicted molar refractivity (Wildman–Crippen MR) is 93.9 cm³/mol. The van der Waals surface area contributed by atoms with Crippen LogP contribution in [0.25, 0.3) is 0 Å². The van der Waals surface area contributed by atoms with E-state index in [0.717, 1.165) is 23.0 Å². The average Bonchev–Trinajstić information content (AvgIpc) is 2.54. The summed E-state index contributed by atoms with van der Waals surface area (Å²) in [6.07, 6.45) is 4.51. The molecule has 0 atom stereocenters. The highest BCUT2D eigenvalue weighted by Gasteiger charge is 2.12. The zero-order valence-corrected chi connectivity index (χ0v) is 14.4. The molecule has 23 heavy (non-hydrogen) atoms. The molecule has 0 amide bonds. The monoisotopic (exact) mass is 334 g/mol. The maximum atomic E-state index is 11.8. The van der Waals surface area contributed by atoms with Crippen LogP contribution in [0.3, 0.4) is 0 Å². The second kappa shape index (κ2) is 7.43. The van der Waals surface area contributed by atoms with Gasteiger partial charge in [-0.2, -0.15) is 12.7 Å². The Labute approximate surface area is 137 Å². The molecular weight excluding hydrogens is 312 g/mol. The van der Waals surface area contributed by atoms with Crippen LogP contribution in [-0.4, -0.2) is 45.4 Å². The molecule has 0 spiro atoms. The lowest BCUT2D eigenvalue weighted by atomic mass is 10.2. The van der Waals surface area contributed by atoms with E-state index in [4.69, 9.17) is 0 Å². The molecule has 2 rings (SSSR count). The first kappa shape index (κ1) is 17.2. The molecule has 0 bridgehead atoms. The molecule has 0 unspecified atom stereocenters. The van der Waals surface area contributed by atoms with E-state index < -0.39 is 10.2 Å². The number of pyridine rings is 1. The van der Waals surface area contributed by atoms with Crippen LogP contribution in [0.5, 0.6) is 0 Å². The summed E-state index contributed by atoms with van der Waals surface area (Å²) in [4.78, 5) is 6.14. The number of hydrogen-bond donors (Lipinski definition) is 1. The molecule has 0 fully saturated rings. The Balaban J connectivity index is 1.96. The minimum absolute atomic E-state index is 0.546. The number of rotatable bonds is 7. The van der Waals surface area contributed by atoms with E-state index in [0.29, 0.717) is 5.69 Å². The molecule has 1 N–H and O–H groups in total. The van der Waals surface area contributed by atoms with Gasteiger partial charge in [-0.1, -0.05) is 0 Å². The topological polar surface area (TPSA) is 65.5 Å². The van der Waals surface area contributed by atoms with E-state index in [1.807, 2.05) is 31.3 Å². The van der Waals surface area contributed by atoms with Gasteiger partial charge in [0.25, 0.3) is 0 Å². The van der Waals surface area contributed by atoms with Crippen molar-refractivity contribution in [3.05, 3.63) is 54.4 Å². The van der Waals surface area contributed by atoms with Crippen LogP contribution in [0, 0.1) is 0 Å². The van der Waals surface area contributed by atoms with Crippen LogP contribution < -0.4 is 9.62 Å². The molecule has 7 heteroatoms. The lowest BCUT2D eigenvalue weighted by molar-refractivity contribution is 0.527. The van der Waals surface area contributed by atoms with Gasteiger partial charge in [-0.05, 0) is 48.4 Å². The molecule has 0 saturated carbocycles. The summed E-state index contributed by atoms with van der Waals surface area (Å²) < 4.78 is 27.2. The minimum Gasteiger partial charge on any atom is -0.374 e. The third-order valence-corrected chi connectivity index (χ3v) is 4.98. The molecule has 6 nitrogen and oxygen atoms in total. The summed E-state index contributed by atoms with van der Waals surface area (Å²) in [6, 6.07) is 11.3. The maximum Gasteiger partial charge on any atom is 0.301 e. The highest BCUT2D eigenvalue weighted by molar-refractivity contribution is 7.90. The van der Waals surface area contributed by atoms with Crippen LogP contribution in [0.15, 0.2) is 48.8 Å². The molecule has 1 aromatic carbocycles. The second-order valence-corrected chi connectivity index (χ2v) is 7.35. The molecule has 0 aliphatic rings. The molecule has 0 aliphatic heterocycles. The van der Waals surface area contributed by atoms with Crippen molar-refractivity contribution in [3.63, 3.8) is 0 Å². The highest BCUT2D eigenvalue weighted by atomic mass is 32.2. The second-order valence-electron chi connectivity index (χ2n) is 5.46. The van der Waals surface area contributed by atoms with Crippen molar-refractivity contribution in [3.8, 4) is 0 Å². The zero-order chi connectivity index (χ0) is 16.9. The van der Waals surface area contributed by atoms with Gasteiger partial charge in [-0.25, -0.2) is 0 Å². The largest absolute Gasteiger partial charge is 0.374 e. The van der Waals surface area contributed by atoms with Gasteiger partial charge in [0.05, 0.1) is 0 Å². The van der Waals surface area contributed by atoms with E-state index in [1.54, 1.807) is 24.5 Å². The van der Waals surface area contributed by atoms with E-state index in [9.17, 15) is 8.42 Å². The quantitative estimate of drug-likeness (QED) is 0.841. The van der Waals surface area contributed by atoms with E-state index in [-0.39, 0.29) is 0 Å². The Morgan fingerprint density at radius 1 is 1.00 bits per heavy atom. The average molecular weight is 334 g/mol. The molecule has 0 radical (unpaired) electrons. The summed E-state index contributed by atoms with van der Waals surface area (Å²) in [7, 11) is 1.53. The van der Waals surface area contributed by atoms with Crippen LogP contribution in [0.1, 0.15) is 5.56 Å². The molecule has 1 heterocycles. The van der Waals surface area contributed by atoms with Gasteiger partial charge in [0.1, 0.15) is 0 Å². The van der Waals surface area contributed by atoms with Gasteiger partial charge in [-0.15, -0.1) is 0 Å². The van der Waals surface area contributed by atoms with Gasteiger partial charge in [0, 0.05) is 51.5 Å². The maximum absolute atomic E-state index is 11.8. The molecule has 0 aliphatic carbocycles. The lowest BCUT2D eigenvalue weighted by Crippen LogP contribution is -2.28. The van der Waals surface area contributed by atoms with Crippen LogP contribution in [0.4, 0.5) is 11.4 Å². The first-order valence-corrected chi connectivity index (χ1v) is 8.73. The molecule has 0 saturated heterocycles. The van der Waals surface area contributed by atoms with Crippen LogP contribution >= 0.6 is 0 Å². The van der Waals surface area contributed by atoms with Crippen molar-refractivity contribution in [2.75, 3.05) is 37.3 Å². The number of aromatic nitrogens is 1. The van der Waals surface area contributed by atoms with E-state index in [2.05, 4.69) is 14.6 Å². The van der Waals surface area contributed by atoms with Gasteiger partial charge in [0.15, 0.2) is 0 Å². The number of nitrogens with zero attached hydrogens (tertiary/aromatic N) is 3. The Morgan fingerprint density at radius 3 is 2.17 bits per heavy atom. The smallest absolute Gasteiger partial charge is 0.301 e. The first-order valence-electron chi connectivity index (χ1n) is 7.29. The fourth-order valence-corrected chi connectivity index (χ4v) is 2.62. The Hall–Kier alpha value is -2.12. The summed E-state index contributed by atoms with van der Waals surface area (Å²) in [5, 5.41) is 0. The third-order valence-electron chi connectivity index (χ3n) is 3.52. The van der Waals surface area contributed by atoms with Gasteiger partial charge < -0.3 is 4.90 Å². The molecule has 1 aromatic heterocycles. The number of benzene rings is 1. The lowest BCUT2D eigenvalue weighted by Gasteiger charge is -2.20. The highest BCUT2D eigenvalue weighted by Crippen LogP contribution is 2.18. The van der Waals surface area contributed by atoms with Crippen molar-refractivity contribution >= 4 is 21.6 Å². The first-order chi connectivity index (χ1) is 10.9. The number of nitrogens with one attached hydrogen (secondary N) is 1. The van der Waals surface area contributed by atoms with E-state index >= 15 is 0 Å². The van der Waals surface area contributed by atoms with Gasteiger partial charge >= 0.3 is 10.2 Å². The number of likely N-dealkylation sites (N-methyl/N-ethyl adjacent to an activating group) is 1. The third kappa shape index (κ3) is 4.94. The van der Waals surface area contributed by atoms with Crippen LogP contribution in [0.2, 0.25) is 0 Å². The van der Waals surface area contributed by atoms with Crippen LogP contribution in [-0.2, 0) is 16.6 Å². The summed E-state index contributed by atoms with van der Waals surface area (Å²) in [6.45, 7) is 0.868. The molecule has 124 valence electrons. The van der Waals surface area contributed by atoms with Crippen molar-refractivity contribution in [1.82, 2.24) is 9.29 Å². The van der Waals surface area contributed by atoms with Gasteiger partial charge in [-0.3, -0.25) is 9.71 Å².